The van der Waals surface area contributed by atoms with Crippen molar-refractivity contribution in [1.29, 1.82) is 0 Å². The molecule has 0 atom stereocenters. The van der Waals surface area contributed by atoms with Crippen molar-refractivity contribution < 1.29 is 17.9 Å². The van der Waals surface area contributed by atoms with Gasteiger partial charge in [-0.2, -0.15) is 0 Å². The van der Waals surface area contributed by atoms with Crippen molar-refractivity contribution in [3.8, 4) is 11.1 Å². The molecule has 0 unspecified atom stereocenters. The number of anilines is 1. The lowest BCUT2D eigenvalue weighted by atomic mass is 9.73. The molecule has 2 aliphatic heterocycles. The van der Waals surface area contributed by atoms with E-state index >= 15 is 0 Å². The zero-order valence-corrected chi connectivity index (χ0v) is 21.3. The maximum atomic E-state index is 13.9. The van der Waals surface area contributed by atoms with Crippen LogP contribution >= 0.6 is 15.9 Å². The molecule has 1 spiro atoms. The van der Waals surface area contributed by atoms with E-state index in [-0.39, 0.29) is 10.8 Å². The molecule has 4 aromatic rings. The third-order valence-corrected chi connectivity index (χ3v) is 9.80. The van der Waals surface area contributed by atoms with Crippen molar-refractivity contribution in [2.24, 2.45) is 0 Å². The number of ether oxygens (including phenoxy) is 1. The summed E-state index contributed by atoms with van der Waals surface area (Å²) in [6.45, 7) is 0.932. The molecule has 0 N–H and O–H groups in total. The molecule has 0 radical (unpaired) electrons. The van der Waals surface area contributed by atoms with Gasteiger partial charge >= 0.3 is 0 Å². The fourth-order valence-corrected chi connectivity index (χ4v) is 7.97. The number of rotatable bonds is 3. The van der Waals surface area contributed by atoms with Gasteiger partial charge in [-0.3, -0.25) is 4.79 Å². The molecule has 1 saturated heterocycles. The lowest BCUT2D eigenvalue weighted by Gasteiger charge is -2.32. The quantitative estimate of drug-likeness (QED) is 0.367. The minimum Gasteiger partial charge on any atom is -0.381 e. The van der Waals surface area contributed by atoms with Crippen LogP contribution < -0.4 is 4.90 Å². The van der Waals surface area contributed by atoms with E-state index in [1.165, 1.54) is 3.97 Å². The van der Waals surface area contributed by atoms with E-state index in [2.05, 4.69) is 20.9 Å². The molecule has 1 amide bonds. The fourth-order valence-electron chi connectivity index (χ4n) is 5.43. The van der Waals surface area contributed by atoms with Crippen molar-refractivity contribution in [2.45, 2.75) is 23.2 Å². The van der Waals surface area contributed by atoms with Gasteiger partial charge in [0, 0.05) is 36.8 Å². The van der Waals surface area contributed by atoms with E-state index in [0.717, 1.165) is 11.1 Å². The highest BCUT2D eigenvalue weighted by molar-refractivity contribution is 9.10. The third-order valence-electron chi connectivity index (χ3n) is 7.11. The molecule has 6 rings (SSSR count). The molecular weight excluding hydrogens is 530 g/mol. The van der Waals surface area contributed by atoms with Gasteiger partial charge in [0.25, 0.3) is 10.0 Å². The van der Waals surface area contributed by atoms with Gasteiger partial charge in [0.05, 0.1) is 22.2 Å². The first-order valence-corrected chi connectivity index (χ1v) is 13.6. The Morgan fingerprint density at radius 2 is 1.63 bits per heavy atom. The second kappa shape index (κ2) is 8.01. The van der Waals surface area contributed by atoms with Crippen LogP contribution in [0.1, 0.15) is 18.4 Å². The number of hydrogen-bond acceptors (Lipinski definition) is 5. The minimum absolute atomic E-state index is 0.00102. The highest BCUT2D eigenvalue weighted by atomic mass is 79.9. The molecular formula is C26H22BrN3O4S. The summed E-state index contributed by atoms with van der Waals surface area (Å²) in [6, 6.07) is 17.9. The SMILES string of the molecule is CN1C(=O)C2(CCOCC2)c2c1cnc1c2c(-c2ccccc2)c(Br)n1S(=O)(=O)c1ccccc1. The largest absolute Gasteiger partial charge is 0.381 e. The number of halogens is 1. The average molecular weight is 552 g/mol. The highest BCUT2D eigenvalue weighted by Crippen LogP contribution is 2.53. The highest BCUT2D eigenvalue weighted by Gasteiger charge is 2.52. The molecule has 4 heterocycles. The second-order valence-corrected chi connectivity index (χ2v) is 11.4. The number of fused-ring (bicyclic) bond motifs is 4. The maximum Gasteiger partial charge on any atom is 0.270 e. The fraction of sp³-hybridized carbons (Fsp3) is 0.231. The van der Waals surface area contributed by atoms with Crippen LogP contribution in [-0.4, -0.2) is 43.5 Å². The number of amides is 1. The maximum absolute atomic E-state index is 13.9. The number of carbonyl (C=O) groups excluding carboxylic acids is 1. The average Bonchev–Trinajstić information content (AvgIpc) is 3.30. The van der Waals surface area contributed by atoms with Crippen LogP contribution in [-0.2, 0) is 25.0 Å². The Morgan fingerprint density at radius 3 is 2.29 bits per heavy atom. The second-order valence-electron chi connectivity index (χ2n) is 8.89. The van der Waals surface area contributed by atoms with Crippen LogP contribution in [0.5, 0.6) is 0 Å². The summed E-state index contributed by atoms with van der Waals surface area (Å²) >= 11 is 3.64. The normalized spacial score (nSPS) is 17.3. The molecule has 9 heteroatoms. The topological polar surface area (TPSA) is 81.5 Å². The van der Waals surface area contributed by atoms with Crippen LogP contribution in [0.3, 0.4) is 0 Å². The summed E-state index contributed by atoms with van der Waals surface area (Å²) in [6.07, 6.45) is 2.69. The molecule has 2 aromatic carbocycles. The van der Waals surface area contributed by atoms with Gasteiger partial charge < -0.3 is 9.64 Å². The molecule has 2 aliphatic rings. The summed E-state index contributed by atoms with van der Waals surface area (Å²) in [7, 11) is -2.23. The number of aromatic nitrogens is 2. The number of pyridine rings is 1. The van der Waals surface area contributed by atoms with Gasteiger partial charge in [0.15, 0.2) is 5.65 Å². The third kappa shape index (κ3) is 3.08. The Labute approximate surface area is 211 Å². The summed E-state index contributed by atoms with van der Waals surface area (Å²) in [4.78, 5) is 20.1. The number of likely N-dealkylation sites (N-methyl/N-ethyl adjacent to an activating group) is 1. The van der Waals surface area contributed by atoms with Gasteiger partial charge in [0.2, 0.25) is 5.91 Å². The molecule has 0 aliphatic carbocycles. The Bertz CT molecular complexity index is 1580. The van der Waals surface area contributed by atoms with Gasteiger partial charge in [-0.25, -0.2) is 17.4 Å². The molecule has 7 nitrogen and oxygen atoms in total. The van der Waals surface area contributed by atoms with Gasteiger partial charge in [-0.05, 0) is 46.5 Å². The predicted molar refractivity (Wildman–Crippen MR) is 137 cm³/mol. The van der Waals surface area contributed by atoms with E-state index in [1.807, 2.05) is 30.3 Å². The van der Waals surface area contributed by atoms with Gasteiger partial charge in [0.1, 0.15) is 4.60 Å². The van der Waals surface area contributed by atoms with E-state index < -0.39 is 15.4 Å². The summed E-state index contributed by atoms with van der Waals surface area (Å²) in [5, 5.41) is 0.680. The van der Waals surface area contributed by atoms with Gasteiger partial charge in [-0.15, -0.1) is 0 Å². The van der Waals surface area contributed by atoms with Crippen molar-refractivity contribution in [2.75, 3.05) is 25.2 Å². The predicted octanol–water partition coefficient (Wildman–Crippen LogP) is 4.73. The number of hydrogen-bond donors (Lipinski definition) is 0. The number of benzene rings is 2. The van der Waals surface area contributed by atoms with Crippen molar-refractivity contribution in [3.63, 3.8) is 0 Å². The summed E-state index contributed by atoms with van der Waals surface area (Å²) in [5.41, 5.74) is 2.61. The van der Waals surface area contributed by atoms with E-state index in [9.17, 15) is 13.2 Å². The Kier molecular flexibility index (Phi) is 5.14. The summed E-state index contributed by atoms with van der Waals surface area (Å²) < 4.78 is 35.1. The van der Waals surface area contributed by atoms with Crippen LogP contribution in [0.25, 0.3) is 22.2 Å². The van der Waals surface area contributed by atoms with Crippen molar-refractivity contribution in [3.05, 3.63) is 77.0 Å². The lowest BCUT2D eigenvalue weighted by Crippen LogP contribution is -2.43. The van der Waals surface area contributed by atoms with Crippen molar-refractivity contribution in [1.82, 2.24) is 8.96 Å². The smallest absolute Gasteiger partial charge is 0.270 e. The first-order valence-electron chi connectivity index (χ1n) is 11.3. The molecule has 1 fully saturated rings. The monoisotopic (exact) mass is 551 g/mol. The summed E-state index contributed by atoms with van der Waals surface area (Å²) in [5.74, 6) is -0.00102. The molecule has 178 valence electrons. The zero-order chi connectivity index (χ0) is 24.4. The first-order chi connectivity index (χ1) is 16.9. The van der Waals surface area contributed by atoms with Crippen LogP contribution in [0.2, 0.25) is 0 Å². The Hall–Kier alpha value is -3.01. The molecule has 2 aromatic heterocycles. The lowest BCUT2D eigenvalue weighted by molar-refractivity contribution is -0.126. The molecule has 0 bridgehead atoms. The van der Waals surface area contributed by atoms with E-state index in [0.29, 0.717) is 52.9 Å². The molecule has 0 saturated carbocycles. The van der Waals surface area contributed by atoms with Crippen LogP contribution in [0.15, 0.2) is 76.4 Å². The minimum atomic E-state index is -3.99. The first kappa shape index (κ1) is 22.5. The van der Waals surface area contributed by atoms with E-state index in [1.54, 1.807) is 48.5 Å². The zero-order valence-electron chi connectivity index (χ0n) is 18.9. The Balaban J connectivity index is 1.77. The van der Waals surface area contributed by atoms with Gasteiger partial charge in [-0.1, -0.05) is 48.5 Å². The molecule has 35 heavy (non-hydrogen) atoms. The standard InChI is InChI=1S/C26H22BrN3O4S/c1-29-19-16-28-24-21(22(19)26(25(29)31)12-14-34-15-13-26)20(17-8-4-2-5-9-17)23(27)30(24)35(32,33)18-10-6-3-7-11-18/h2-11,16H,12-15H2,1H3. The number of nitrogens with zero attached hydrogens (tertiary/aromatic N) is 3. The van der Waals surface area contributed by atoms with Crippen LogP contribution in [0, 0.1) is 0 Å². The van der Waals surface area contributed by atoms with E-state index in [4.69, 9.17) is 4.74 Å². The van der Waals surface area contributed by atoms with Crippen molar-refractivity contribution >= 4 is 48.6 Å². The number of carbonyl (C=O) groups is 1. The Morgan fingerprint density at radius 1 is 1.00 bits per heavy atom. The van der Waals surface area contributed by atoms with Crippen LogP contribution in [0.4, 0.5) is 5.69 Å².